The van der Waals surface area contributed by atoms with Crippen molar-refractivity contribution in [3.05, 3.63) is 51.2 Å². The highest BCUT2D eigenvalue weighted by atomic mass is 35.5. The van der Waals surface area contributed by atoms with Gasteiger partial charge in [-0.25, -0.2) is 0 Å². The molecule has 2 rings (SSSR count). The number of aliphatic hydroxyl groups is 1. The van der Waals surface area contributed by atoms with Crippen molar-refractivity contribution in [2.24, 2.45) is 0 Å². The maximum atomic E-state index is 9.91. The highest BCUT2D eigenvalue weighted by molar-refractivity contribution is 7.10. The number of thiophene rings is 1. The molecule has 0 fully saturated rings. The molecule has 1 unspecified atom stereocenters. The van der Waals surface area contributed by atoms with Crippen LogP contribution >= 0.6 is 22.9 Å². The average molecular weight is 279 g/mol. The number of nitrogens with one attached hydrogen (secondary N) is 1. The zero-order valence-corrected chi connectivity index (χ0v) is 11.0. The lowest BCUT2D eigenvalue weighted by atomic mass is 10.2. The lowest BCUT2D eigenvalue weighted by molar-refractivity contribution is 0.195. The summed E-state index contributed by atoms with van der Waals surface area (Å²) < 4.78 is 0. The molecule has 0 aliphatic carbocycles. The normalized spacial score (nSPS) is 11.8. The predicted octanol–water partition coefficient (Wildman–Crippen LogP) is 3.42. The van der Waals surface area contributed by atoms with E-state index in [-0.39, 0.29) is 0 Å². The first-order valence-electron chi connectivity index (χ1n) is 5.35. The lowest BCUT2D eigenvalue weighted by Gasteiger charge is -2.12. The highest BCUT2D eigenvalue weighted by Crippen LogP contribution is 2.24. The Kier molecular flexibility index (Phi) is 4.21. The Labute approximate surface area is 114 Å². The van der Waals surface area contributed by atoms with Crippen LogP contribution in [-0.2, 0) is 0 Å². The van der Waals surface area contributed by atoms with Crippen molar-refractivity contribution in [1.29, 1.82) is 5.26 Å². The monoisotopic (exact) mass is 278 g/mol. The molecule has 1 atom stereocenters. The van der Waals surface area contributed by atoms with Crippen LogP contribution in [0.3, 0.4) is 0 Å². The Hall–Kier alpha value is -1.54. The minimum atomic E-state index is -0.559. The Bertz CT molecular complexity index is 563. The quantitative estimate of drug-likeness (QED) is 0.901. The Morgan fingerprint density at radius 2 is 2.28 bits per heavy atom. The van der Waals surface area contributed by atoms with Gasteiger partial charge >= 0.3 is 0 Å². The molecule has 0 bridgehead atoms. The molecule has 5 heteroatoms. The number of aliphatic hydroxyl groups excluding tert-OH is 1. The van der Waals surface area contributed by atoms with Gasteiger partial charge < -0.3 is 10.4 Å². The first-order chi connectivity index (χ1) is 8.70. The molecular formula is C13H11ClN2OS. The maximum absolute atomic E-state index is 9.91. The number of anilines is 1. The highest BCUT2D eigenvalue weighted by Gasteiger charge is 2.09. The van der Waals surface area contributed by atoms with Crippen LogP contribution in [0.2, 0.25) is 5.02 Å². The van der Waals surface area contributed by atoms with E-state index in [0.29, 0.717) is 22.8 Å². The largest absolute Gasteiger partial charge is 0.386 e. The second kappa shape index (κ2) is 5.87. The van der Waals surface area contributed by atoms with Crippen LogP contribution in [0.4, 0.5) is 5.69 Å². The van der Waals surface area contributed by atoms with E-state index >= 15 is 0 Å². The van der Waals surface area contributed by atoms with Crippen LogP contribution < -0.4 is 5.32 Å². The first kappa shape index (κ1) is 12.9. The van der Waals surface area contributed by atoms with Gasteiger partial charge in [-0.15, -0.1) is 11.3 Å². The third-order valence-corrected chi connectivity index (χ3v) is 3.74. The van der Waals surface area contributed by atoms with Gasteiger partial charge in [0.05, 0.1) is 22.3 Å². The Morgan fingerprint density at radius 1 is 1.44 bits per heavy atom. The Balaban J connectivity index is 2.00. The van der Waals surface area contributed by atoms with E-state index in [1.165, 1.54) is 11.3 Å². The molecule has 0 saturated carbocycles. The van der Waals surface area contributed by atoms with Gasteiger partial charge in [0.2, 0.25) is 0 Å². The number of rotatable bonds is 4. The molecule has 0 spiro atoms. The minimum absolute atomic E-state index is 0.381. The number of nitrogens with zero attached hydrogens (tertiary/aromatic N) is 1. The molecule has 0 saturated heterocycles. The molecule has 3 nitrogen and oxygen atoms in total. The number of halogens is 1. The van der Waals surface area contributed by atoms with Crippen LogP contribution in [0.5, 0.6) is 0 Å². The smallest absolute Gasteiger partial charge is 0.105 e. The zero-order chi connectivity index (χ0) is 13.0. The van der Waals surface area contributed by atoms with Crippen molar-refractivity contribution >= 4 is 28.6 Å². The molecule has 0 amide bonds. The van der Waals surface area contributed by atoms with E-state index in [2.05, 4.69) is 5.32 Å². The Morgan fingerprint density at radius 3 is 2.89 bits per heavy atom. The maximum Gasteiger partial charge on any atom is 0.105 e. The van der Waals surface area contributed by atoms with Gasteiger partial charge in [-0.1, -0.05) is 17.7 Å². The number of hydrogen-bond acceptors (Lipinski definition) is 4. The van der Waals surface area contributed by atoms with Crippen molar-refractivity contribution in [1.82, 2.24) is 0 Å². The molecule has 1 aromatic carbocycles. The summed E-state index contributed by atoms with van der Waals surface area (Å²) in [6.07, 6.45) is -0.559. The molecule has 18 heavy (non-hydrogen) atoms. The van der Waals surface area contributed by atoms with E-state index in [1.54, 1.807) is 18.2 Å². The van der Waals surface area contributed by atoms with Crippen LogP contribution in [0, 0.1) is 11.3 Å². The molecule has 0 aliphatic heterocycles. The van der Waals surface area contributed by atoms with E-state index in [0.717, 1.165) is 4.88 Å². The summed E-state index contributed by atoms with van der Waals surface area (Å²) in [4.78, 5) is 0.910. The fourth-order valence-electron chi connectivity index (χ4n) is 1.52. The fraction of sp³-hybridized carbons (Fsp3) is 0.154. The van der Waals surface area contributed by atoms with Crippen molar-refractivity contribution in [3.63, 3.8) is 0 Å². The standard InChI is InChI=1S/C13H11ClN2OS/c14-10-6-9(7-15)3-4-11(10)16-8-12(17)13-2-1-5-18-13/h1-6,12,16-17H,8H2. The molecular weight excluding hydrogens is 268 g/mol. The number of nitriles is 1. The third kappa shape index (κ3) is 3.02. The fourth-order valence-corrected chi connectivity index (χ4v) is 2.48. The van der Waals surface area contributed by atoms with Crippen molar-refractivity contribution < 1.29 is 5.11 Å². The predicted molar refractivity (Wildman–Crippen MR) is 73.9 cm³/mol. The van der Waals surface area contributed by atoms with Crippen molar-refractivity contribution in [2.75, 3.05) is 11.9 Å². The minimum Gasteiger partial charge on any atom is -0.386 e. The van der Waals surface area contributed by atoms with Gasteiger partial charge in [0.15, 0.2) is 0 Å². The van der Waals surface area contributed by atoms with E-state index < -0.39 is 6.10 Å². The molecule has 0 radical (unpaired) electrons. The van der Waals surface area contributed by atoms with E-state index in [4.69, 9.17) is 16.9 Å². The van der Waals surface area contributed by atoms with Gasteiger partial charge in [0, 0.05) is 11.4 Å². The summed E-state index contributed by atoms with van der Waals surface area (Å²) in [5.41, 5.74) is 1.23. The van der Waals surface area contributed by atoms with Gasteiger partial charge in [0.25, 0.3) is 0 Å². The topological polar surface area (TPSA) is 56.0 Å². The van der Waals surface area contributed by atoms with Crippen LogP contribution in [-0.4, -0.2) is 11.7 Å². The lowest BCUT2D eigenvalue weighted by Crippen LogP contribution is -2.11. The molecule has 1 aromatic heterocycles. The number of hydrogen-bond donors (Lipinski definition) is 2. The van der Waals surface area contributed by atoms with Crippen LogP contribution in [0.25, 0.3) is 0 Å². The van der Waals surface area contributed by atoms with Gasteiger partial charge in [-0.2, -0.15) is 5.26 Å². The second-order valence-electron chi connectivity index (χ2n) is 3.72. The summed E-state index contributed by atoms with van der Waals surface area (Å²) in [7, 11) is 0. The second-order valence-corrected chi connectivity index (χ2v) is 5.11. The van der Waals surface area contributed by atoms with Gasteiger partial charge in [0.1, 0.15) is 6.10 Å². The van der Waals surface area contributed by atoms with Crippen LogP contribution in [0.15, 0.2) is 35.7 Å². The molecule has 1 heterocycles. The summed E-state index contributed by atoms with van der Waals surface area (Å²) in [6, 6.07) is 10.8. The molecule has 2 N–H and O–H groups in total. The summed E-state index contributed by atoms with van der Waals surface area (Å²) in [6.45, 7) is 0.381. The summed E-state index contributed by atoms with van der Waals surface area (Å²) in [5.74, 6) is 0. The van der Waals surface area contributed by atoms with Crippen molar-refractivity contribution in [2.45, 2.75) is 6.10 Å². The van der Waals surface area contributed by atoms with Crippen molar-refractivity contribution in [3.8, 4) is 6.07 Å². The summed E-state index contributed by atoms with van der Waals surface area (Å²) >= 11 is 7.53. The summed E-state index contributed by atoms with van der Waals surface area (Å²) in [5, 5.41) is 24.1. The zero-order valence-electron chi connectivity index (χ0n) is 9.43. The molecule has 0 aliphatic rings. The van der Waals surface area contributed by atoms with Gasteiger partial charge in [-0.3, -0.25) is 0 Å². The SMILES string of the molecule is N#Cc1ccc(NCC(O)c2cccs2)c(Cl)c1. The first-order valence-corrected chi connectivity index (χ1v) is 6.61. The van der Waals surface area contributed by atoms with E-state index in [9.17, 15) is 5.11 Å². The molecule has 2 aromatic rings. The number of benzene rings is 1. The van der Waals surface area contributed by atoms with Gasteiger partial charge in [-0.05, 0) is 29.6 Å². The van der Waals surface area contributed by atoms with E-state index in [1.807, 2.05) is 23.6 Å². The van der Waals surface area contributed by atoms with Crippen LogP contribution in [0.1, 0.15) is 16.5 Å². The average Bonchev–Trinajstić information content (AvgIpc) is 2.90. The molecule has 92 valence electrons. The third-order valence-electron chi connectivity index (χ3n) is 2.46.